The molecule has 1 aliphatic carbocycles. The third-order valence-electron chi connectivity index (χ3n) is 4.47. The normalized spacial score (nSPS) is 29.9. The quantitative estimate of drug-likeness (QED) is 0.438. The first-order valence-electron chi connectivity index (χ1n) is 9.14. The molecule has 0 aromatic heterocycles. The number of carbonyl (C=O) groups excluding carboxylic acids is 1. The number of ether oxygens (including phenoxy) is 1. The van der Waals surface area contributed by atoms with Gasteiger partial charge in [0.15, 0.2) is 0 Å². The van der Waals surface area contributed by atoms with Crippen molar-refractivity contribution in [3.05, 3.63) is 46.6 Å². The van der Waals surface area contributed by atoms with Gasteiger partial charge in [-0.3, -0.25) is 4.79 Å². The molecule has 0 spiro atoms. The molecule has 1 atom stereocenters. The number of esters is 1. The summed E-state index contributed by atoms with van der Waals surface area (Å²) in [5, 5.41) is 0. The van der Waals surface area contributed by atoms with Gasteiger partial charge in [-0.1, -0.05) is 54.4 Å². The fraction of sp³-hybridized carbons (Fsp3) is 0.591. The molecule has 2 nitrogen and oxygen atoms in total. The van der Waals surface area contributed by atoms with Crippen molar-refractivity contribution in [3.63, 3.8) is 0 Å². The van der Waals surface area contributed by atoms with E-state index in [9.17, 15) is 4.79 Å². The molecule has 0 aromatic rings. The molecule has 0 saturated heterocycles. The van der Waals surface area contributed by atoms with Crippen molar-refractivity contribution < 1.29 is 9.53 Å². The van der Waals surface area contributed by atoms with Gasteiger partial charge >= 0.3 is 5.97 Å². The summed E-state index contributed by atoms with van der Waals surface area (Å²) in [5.41, 5.74) is 5.47. The standard InChI is InChI=1S/C22H34O2/c1-16(2)21-12-10-17(3)8-7-9-18(4)14-22(24-20(6)23)15-19(5)11-13-21/h8,11,13-14,16,22H,7,9-10,12,15H2,1-6H3/b17-8+,18-14+,19-11+,21-13+/t22-/m1/s1. The Morgan fingerprint density at radius 2 is 1.75 bits per heavy atom. The second-order valence-corrected chi connectivity index (χ2v) is 7.36. The molecule has 0 radical (unpaired) electrons. The van der Waals surface area contributed by atoms with Gasteiger partial charge in [-0.15, -0.1) is 0 Å². The van der Waals surface area contributed by atoms with Crippen molar-refractivity contribution in [2.75, 3.05) is 0 Å². The highest BCUT2D eigenvalue weighted by Gasteiger charge is 2.11. The molecule has 2 heteroatoms. The van der Waals surface area contributed by atoms with Crippen LogP contribution in [0.4, 0.5) is 0 Å². The molecule has 0 aliphatic heterocycles. The number of carbonyl (C=O) groups is 1. The molecule has 134 valence electrons. The van der Waals surface area contributed by atoms with Crippen LogP contribution in [0.3, 0.4) is 0 Å². The van der Waals surface area contributed by atoms with Crippen molar-refractivity contribution in [1.82, 2.24) is 0 Å². The third-order valence-corrected chi connectivity index (χ3v) is 4.47. The van der Waals surface area contributed by atoms with Crippen molar-refractivity contribution >= 4 is 5.97 Å². The Labute approximate surface area is 148 Å². The van der Waals surface area contributed by atoms with Crippen LogP contribution < -0.4 is 0 Å². The molecule has 0 heterocycles. The molecule has 0 aromatic carbocycles. The second kappa shape index (κ2) is 10.3. The van der Waals surface area contributed by atoms with E-state index in [1.165, 1.54) is 29.2 Å². The molecule has 1 aliphatic rings. The minimum Gasteiger partial charge on any atom is -0.458 e. The van der Waals surface area contributed by atoms with E-state index >= 15 is 0 Å². The topological polar surface area (TPSA) is 26.3 Å². The van der Waals surface area contributed by atoms with Gasteiger partial charge in [-0.05, 0) is 58.4 Å². The Kier molecular flexibility index (Phi) is 8.81. The SMILES string of the molecule is CC(=O)O[C@@H]1/C=C(\C)CC/C=C(\C)CC/C(C(C)C)=C\C=C(/C)C1. The van der Waals surface area contributed by atoms with Gasteiger partial charge in [0.2, 0.25) is 0 Å². The maximum Gasteiger partial charge on any atom is 0.303 e. The van der Waals surface area contributed by atoms with Crippen molar-refractivity contribution in [1.29, 1.82) is 0 Å². The highest BCUT2D eigenvalue weighted by atomic mass is 16.5. The Hall–Kier alpha value is -1.57. The Bertz CT molecular complexity index is 544. The zero-order chi connectivity index (χ0) is 18.1. The van der Waals surface area contributed by atoms with Crippen LogP contribution in [0.15, 0.2) is 46.6 Å². The largest absolute Gasteiger partial charge is 0.458 e. The lowest BCUT2D eigenvalue weighted by Gasteiger charge is -2.16. The smallest absolute Gasteiger partial charge is 0.303 e. The zero-order valence-electron chi connectivity index (χ0n) is 16.3. The van der Waals surface area contributed by atoms with E-state index in [4.69, 9.17) is 4.74 Å². The van der Waals surface area contributed by atoms with E-state index in [1.807, 2.05) is 0 Å². The van der Waals surface area contributed by atoms with Crippen molar-refractivity contribution in [3.8, 4) is 0 Å². The van der Waals surface area contributed by atoms with E-state index in [0.717, 1.165) is 32.1 Å². The molecule has 0 unspecified atom stereocenters. The van der Waals surface area contributed by atoms with Gasteiger partial charge < -0.3 is 4.74 Å². The summed E-state index contributed by atoms with van der Waals surface area (Å²) in [4.78, 5) is 11.4. The highest BCUT2D eigenvalue weighted by Crippen LogP contribution is 2.22. The summed E-state index contributed by atoms with van der Waals surface area (Å²) >= 11 is 0. The number of hydrogen-bond donors (Lipinski definition) is 0. The summed E-state index contributed by atoms with van der Waals surface area (Å²) in [6.45, 7) is 12.5. The van der Waals surface area contributed by atoms with Crippen LogP contribution in [-0.2, 0) is 9.53 Å². The third kappa shape index (κ3) is 8.33. The predicted molar refractivity (Wildman–Crippen MR) is 103 cm³/mol. The molecule has 1 rings (SSSR count). The summed E-state index contributed by atoms with van der Waals surface area (Å²) in [5.74, 6) is 0.341. The molecule has 0 bridgehead atoms. The van der Waals surface area contributed by atoms with Gasteiger partial charge in [-0.2, -0.15) is 0 Å². The molecular formula is C22H34O2. The lowest BCUT2D eigenvalue weighted by Crippen LogP contribution is -2.14. The van der Waals surface area contributed by atoms with Crippen LogP contribution in [0, 0.1) is 5.92 Å². The van der Waals surface area contributed by atoms with E-state index < -0.39 is 0 Å². The van der Waals surface area contributed by atoms with Crippen LogP contribution in [0.25, 0.3) is 0 Å². The lowest BCUT2D eigenvalue weighted by atomic mass is 9.94. The Balaban J connectivity index is 3.08. The van der Waals surface area contributed by atoms with E-state index in [0.29, 0.717) is 5.92 Å². The molecule has 0 saturated carbocycles. The Morgan fingerprint density at radius 3 is 2.38 bits per heavy atom. The predicted octanol–water partition coefficient (Wildman–Crippen LogP) is 6.30. The molecule has 24 heavy (non-hydrogen) atoms. The maximum atomic E-state index is 11.4. The fourth-order valence-electron chi connectivity index (χ4n) is 2.94. The molecular weight excluding hydrogens is 296 g/mol. The van der Waals surface area contributed by atoms with Crippen LogP contribution in [0.2, 0.25) is 0 Å². The minimum absolute atomic E-state index is 0.164. The number of hydrogen-bond acceptors (Lipinski definition) is 2. The number of rotatable bonds is 2. The average molecular weight is 331 g/mol. The lowest BCUT2D eigenvalue weighted by molar-refractivity contribution is -0.144. The minimum atomic E-state index is -0.216. The first-order valence-corrected chi connectivity index (χ1v) is 9.14. The first-order chi connectivity index (χ1) is 11.3. The molecule has 0 amide bonds. The van der Waals surface area contributed by atoms with Crippen LogP contribution >= 0.6 is 0 Å². The summed E-state index contributed by atoms with van der Waals surface area (Å²) in [6.07, 6.45) is 13.8. The van der Waals surface area contributed by atoms with Gasteiger partial charge in [0, 0.05) is 13.3 Å². The monoisotopic (exact) mass is 330 g/mol. The maximum absolute atomic E-state index is 11.4. The zero-order valence-corrected chi connectivity index (χ0v) is 16.3. The van der Waals surface area contributed by atoms with Gasteiger partial charge in [-0.25, -0.2) is 0 Å². The van der Waals surface area contributed by atoms with E-state index in [-0.39, 0.29) is 12.1 Å². The van der Waals surface area contributed by atoms with Crippen molar-refractivity contribution in [2.24, 2.45) is 5.92 Å². The fourth-order valence-corrected chi connectivity index (χ4v) is 2.94. The summed E-state index contributed by atoms with van der Waals surface area (Å²) in [6, 6.07) is 0. The summed E-state index contributed by atoms with van der Waals surface area (Å²) < 4.78 is 5.50. The van der Waals surface area contributed by atoms with Crippen LogP contribution in [0.5, 0.6) is 0 Å². The van der Waals surface area contributed by atoms with Gasteiger partial charge in [0.25, 0.3) is 0 Å². The first kappa shape index (κ1) is 20.5. The molecule has 0 fully saturated rings. The van der Waals surface area contributed by atoms with Crippen molar-refractivity contribution in [2.45, 2.75) is 79.8 Å². The van der Waals surface area contributed by atoms with E-state index in [1.54, 1.807) is 0 Å². The van der Waals surface area contributed by atoms with Crippen LogP contribution in [-0.4, -0.2) is 12.1 Å². The van der Waals surface area contributed by atoms with Gasteiger partial charge in [0.05, 0.1) is 0 Å². The van der Waals surface area contributed by atoms with Gasteiger partial charge in [0.1, 0.15) is 6.10 Å². The van der Waals surface area contributed by atoms with E-state index in [2.05, 4.69) is 58.9 Å². The second-order valence-electron chi connectivity index (χ2n) is 7.36. The number of allylic oxidation sites excluding steroid dienone is 6. The highest BCUT2D eigenvalue weighted by molar-refractivity contribution is 5.66. The Morgan fingerprint density at radius 1 is 1.04 bits per heavy atom. The molecule has 0 N–H and O–H groups in total. The average Bonchev–Trinajstić information content (AvgIpc) is 2.45. The summed E-state index contributed by atoms with van der Waals surface area (Å²) in [7, 11) is 0. The van der Waals surface area contributed by atoms with Crippen LogP contribution in [0.1, 0.15) is 73.6 Å².